The molecule has 10 rings (SSSR count). The van der Waals surface area contributed by atoms with Gasteiger partial charge in [-0.1, -0.05) is 66.7 Å². The van der Waals surface area contributed by atoms with Gasteiger partial charge in [0.25, 0.3) is 0 Å². The Bertz CT molecular complexity index is 2630. The fourth-order valence-electron chi connectivity index (χ4n) is 6.81. The van der Waals surface area contributed by atoms with Crippen LogP contribution in [0.3, 0.4) is 0 Å². The second-order valence-corrected chi connectivity index (χ2v) is 11.3. The standard InChI is InChI=1S/C40H23NO3/c1-4-13-35-27(9-1)30-18-16-25(21-38(30)42-35)41(26-17-19-31-28-10-2-5-14-36(28)43-39(31)22-26)34-12-7-8-24-20-33-29-11-3-6-15-37(29)44-40(33)23-32(24)34/h1-23H. The fourth-order valence-corrected chi connectivity index (χ4v) is 6.81. The summed E-state index contributed by atoms with van der Waals surface area (Å²) in [6.07, 6.45) is 0. The number of hydrogen-bond donors (Lipinski definition) is 0. The predicted molar refractivity (Wildman–Crippen MR) is 180 cm³/mol. The molecule has 4 heteroatoms. The maximum absolute atomic E-state index is 6.34. The van der Waals surface area contributed by atoms with Gasteiger partial charge in [-0.15, -0.1) is 0 Å². The zero-order chi connectivity index (χ0) is 28.8. The molecule has 0 fully saturated rings. The van der Waals surface area contributed by atoms with Crippen LogP contribution in [0.4, 0.5) is 17.1 Å². The number of benzene rings is 7. The van der Waals surface area contributed by atoms with Gasteiger partial charge in [0, 0.05) is 61.2 Å². The molecule has 0 aliphatic rings. The Hall–Kier alpha value is -6.00. The largest absolute Gasteiger partial charge is 0.456 e. The van der Waals surface area contributed by atoms with Gasteiger partial charge in [-0.2, -0.15) is 0 Å². The van der Waals surface area contributed by atoms with Crippen LogP contribution in [0, 0.1) is 0 Å². The van der Waals surface area contributed by atoms with Crippen LogP contribution < -0.4 is 4.90 Å². The van der Waals surface area contributed by atoms with Crippen molar-refractivity contribution in [2.75, 3.05) is 4.90 Å². The molecule has 0 amide bonds. The monoisotopic (exact) mass is 565 g/mol. The van der Waals surface area contributed by atoms with E-state index in [1.54, 1.807) is 0 Å². The van der Waals surface area contributed by atoms with Crippen molar-refractivity contribution in [2.24, 2.45) is 0 Å². The number of nitrogens with zero attached hydrogens (tertiary/aromatic N) is 1. The molecule has 7 aromatic carbocycles. The van der Waals surface area contributed by atoms with E-state index in [2.05, 4.69) is 108 Å². The van der Waals surface area contributed by atoms with Gasteiger partial charge in [-0.25, -0.2) is 0 Å². The third-order valence-corrected chi connectivity index (χ3v) is 8.84. The molecule has 44 heavy (non-hydrogen) atoms. The Labute approximate surface area is 250 Å². The highest BCUT2D eigenvalue weighted by molar-refractivity contribution is 6.14. The molecule has 206 valence electrons. The normalized spacial score (nSPS) is 12.1. The van der Waals surface area contributed by atoms with Crippen molar-refractivity contribution < 1.29 is 13.3 Å². The Morgan fingerprint density at radius 2 is 0.795 bits per heavy atom. The average molecular weight is 566 g/mol. The predicted octanol–water partition coefficient (Wildman–Crippen LogP) is 12.0. The SMILES string of the molecule is c1cc(N(c2ccc3c(c2)oc2ccccc23)c2ccc3c(c2)oc2ccccc23)c2cc3oc4ccccc4c3cc2c1. The molecule has 0 aliphatic carbocycles. The van der Waals surface area contributed by atoms with E-state index in [0.717, 1.165) is 93.7 Å². The fraction of sp³-hybridized carbons (Fsp3) is 0. The molecule has 4 nitrogen and oxygen atoms in total. The summed E-state index contributed by atoms with van der Waals surface area (Å²) in [5.74, 6) is 0. The minimum Gasteiger partial charge on any atom is -0.456 e. The summed E-state index contributed by atoms with van der Waals surface area (Å²) in [6.45, 7) is 0. The molecule has 0 atom stereocenters. The van der Waals surface area contributed by atoms with Gasteiger partial charge < -0.3 is 18.2 Å². The van der Waals surface area contributed by atoms with Gasteiger partial charge in [0.15, 0.2) is 0 Å². The maximum Gasteiger partial charge on any atom is 0.137 e. The molecule has 0 saturated heterocycles. The number of furan rings is 3. The third-order valence-electron chi connectivity index (χ3n) is 8.84. The number of rotatable bonds is 3. The maximum atomic E-state index is 6.34. The van der Waals surface area contributed by atoms with Gasteiger partial charge in [0.1, 0.15) is 33.5 Å². The van der Waals surface area contributed by atoms with Crippen molar-refractivity contribution in [3.63, 3.8) is 0 Å². The zero-order valence-electron chi connectivity index (χ0n) is 23.5. The Kier molecular flexibility index (Phi) is 4.69. The van der Waals surface area contributed by atoms with Gasteiger partial charge in [-0.05, 0) is 66.0 Å². The second-order valence-electron chi connectivity index (χ2n) is 11.3. The van der Waals surface area contributed by atoms with E-state index < -0.39 is 0 Å². The van der Waals surface area contributed by atoms with Gasteiger partial charge >= 0.3 is 0 Å². The molecular weight excluding hydrogens is 542 g/mol. The molecule has 3 aromatic heterocycles. The van der Waals surface area contributed by atoms with Crippen molar-refractivity contribution in [3.05, 3.63) is 140 Å². The molecule has 0 spiro atoms. The van der Waals surface area contributed by atoms with E-state index in [1.165, 1.54) is 0 Å². The van der Waals surface area contributed by atoms with E-state index >= 15 is 0 Å². The summed E-state index contributed by atoms with van der Waals surface area (Å²) in [4.78, 5) is 2.29. The van der Waals surface area contributed by atoms with Crippen molar-refractivity contribution >= 4 is 93.7 Å². The molecule has 0 aliphatic heterocycles. The van der Waals surface area contributed by atoms with Gasteiger partial charge in [0.2, 0.25) is 0 Å². The highest BCUT2D eigenvalue weighted by Crippen LogP contribution is 2.44. The summed E-state index contributed by atoms with van der Waals surface area (Å²) in [6, 6.07) is 48.4. The molecule has 0 unspecified atom stereocenters. The lowest BCUT2D eigenvalue weighted by atomic mass is 10.0. The van der Waals surface area contributed by atoms with Crippen LogP contribution in [-0.4, -0.2) is 0 Å². The highest BCUT2D eigenvalue weighted by atomic mass is 16.3. The summed E-state index contributed by atoms with van der Waals surface area (Å²) in [7, 11) is 0. The van der Waals surface area contributed by atoms with E-state index in [9.17, 15) is 0 Å². The molecule has 10 aromatic rings. The van der Waals surface area contributed by atoms with Crippen LogP contribution in [0.2, 0.25) is 0 Å². The van der Waals surface area contributed by atoms with Crippen LogP contribution in [0.5, 0.6) is 0 Å². The summed E-state index contributed by atoms with van der Waals surface area (Å²) in [5.41, 5.74) is 8.23. The minimum atomic E-state index is 0.846. The van der Waals surface area contributed by atoms with Crippen LogP contribution in [-0.2, 0) is 0 Å². The number of fused-ring (bicyclic) bond motifs is 10. The Morgan fingerprint density at radius 1 is 0.318 bits per heavy atom. The highest BCUT2D eigenvalue weighted by Gasteiger charge is 2.20. The zero-order valence-corrected chi connectivity index (χ0v) is 23.5. The van der Waals surface area contributed by atoms with Crippen LogP contribution >= 0.6 is 0 Å². The molecule has 0 bridgehead atoms. The first-order valence-corrected chi connectivity index (χ1v) is 14.8. The van der Waals surface area contributed by atoms with Crippen molar-refractivity contribution in [2.45, 2.75) is 0 Å². The van der Waals surface area contributed by atoms with Crippen LogP contribution in [0.1, 0.15) is 0 Å². The minimum absolute atomic E-state index is 0.846. The first kappa shape index (κ1) is 23.6. The number of para-hydroxylation sites is 3. The quantitative estimate of drug-likeness (QED) is 0.214. The first-order valence-electron chi connectivity index (χ1n) is 14.8. The van der Waals surface area contributed by atoms with E-state index in [0.29, 0.717) is 0 Å². The lowest BCUT2D eigenvalue weighted by molar-refractivity contribution is 0.668. The van der Waals surface area contributed by atoms with Crippen LogP contribution in [0.25, 0.3) is 76.6 Å². The van der Waals surface area contributed by atoms with Gasteiger partial charge in [-0.3, -0.25) is 0 Å². The van der Waals surface area contributed by atoms with Crippen LogP contribution in [0.15, 0.2) is 153 Å². The molecule has 0 saturated carbocycles. The topological polar surface area (TPSA) is 42.7 Å². The summed E-state index contributed by atoms with van der Waals surface area (Å²) in [5, 5.41) is 8.89. The van der Waals surface area contributed by atoms with Crippen molar-refractivity contribution in [1.29, 1.82) is 0 Å². The average Bonchev–Trinajstić information content (AvgIpc) is 3.74. The molecule has 0 radical (unpaired) electrons. The Balaban J connectivity index is 1.25. The molecule has 0 N–H and O–H groups in total. The summed E-state index contributed by atoms with van der Waals surface area (Å²) < 4.78 is 19.0. The smallest absolute Gasteiger partial charge is 0.137 e. The lowest BCUT2D eigenvalue weighted by Crippen LogP contribution is -2.10. The number of hydrogen-bond acceptors (Lipinski definition) is 4. The Morgan fingerprint density at radius 3 is 1.36 bits per heavy atom. The lowest BCUT2D eigenvalue weighted by Gasteiger charge is -2.26. The second kappa shape index (κ2) is 8.76. The van der Waals surface area contributed by atoms with Crippen molar-refractivity contribution in [3.8, 4) is 0 Å². The van der Waals surface area contributed by atoms with E-state index in [4.69, 9.17) is 13.3 Å². The van der Waals surface area contributed by atoms with E-state index in [-0.39, 0.29) is 0 Å². The number of anilines is 3. The first-order chi connectivity index (χ1) is 21.8. The third kappa shape index (κ3) is 3.33. The summed E-state index contributed by atoms with van der Waals surface area (Å²) >= 11 is 0. The molecule has 3 heterocycles. The molecular formula is C40H23NO3. The van der Waals surface area contributed by atoms with E-state index in [1.807, 2.05) is 36.4 Å². The van der Waals surface area contributed by atoms with Crippen molar-refractivity contribution in [1.82, 2.24) is 0 Å². The van der Waals surface area contributed by atoms with Gasteiger partial charge in [0.05, 0.1) is 5.69 Å².